The Bertz CT molecular complexity index is 196. The van der Waals surface area contributed by atoms with E-state index in [4.69, 9.17) is 6.42 Å². The van der Waals surface area contributed by atoms with E-state index in [2.05, 4.69) is 5.92 Å². The summed E-state index contributed by atoms with van der Waals surface area (Å²) < 4.78 is 0. The molecule has 0 saturated carbocycles. The molecule has 0 bridgehead atoms. The van der Waals surface area contributed by atoms with Gasteiger partial charge in [-0.1, -0.05) is 24.1 Å². The fourth-order valence-corrected chi connectivity index (χ4v) is 0.521. The molecule has 2 radical (unpaired) electrons. The van der Waals surface area contributed by atoms with E-state index in [9.17, 15) is 0 Å². The molecule has 0 amide bonds. The van der Waals surface area contributed by atoms with Gasteiger partial charge in [-0.25, -0.2) is 0 Å². The van der Waals surface area contributed by atoms with Gasteiger partial charge in [-0.3, -0.25) is 0 Å². The molecule has 0 heterocycles. The van der Waals surface area contributed by atoms with Crippen molar-refractivity contribution in [2.75, 3.05) is 0 Å². The molecule has 0 aliphatic rings. The van der Waals surface area contributed by atoms with E-state index in [1.165, 1.54) is 0 Å². The third-order valence-electron chi connectivity index (χ3n) is 0.918. The zero-order chi connectivity index (χ0) is 5.82. The molecular weight excluding hydrogens is 160 g/mol. The Morgan fingerprint density at radius 3 is 2.00 bits per heavy atom. The molecule has 1 aromatic carbocycles. The molecule has 48 valence electrons. The standard InChI is InChI=1S/C8H5.Cu/c1-2-8-6-4-3-5-7-8;/h3-7H;. The van der Waals surface area contributed by atoms with Crippen molar-refractivity contribution < 1.29 is 17.1 Å². The Labute approximate surface area is 65.8 Å². The van der Waals surface area contributed by atoms with Gasteiger partial charge in [0.15, 0.2) is 0 Å². The number of benzene rings is 1. The summed E-state index contributed by atoms with van der Waals surface area (Å²) >= 11 is 0. The molecular formula is C8H5Cu. The van der Waals surface area contributed by atoms with Gasteiger partial charge < -0.3 is 0 Å². The largest absolute Gasteiger partial charge is 0.0622 e. The molecule has 1 aromatic rings. The number of rotatable bonds is 0. The summed E-state index contributed by atoms with van der Waals surface area (Å²) in [4.78, 5) is 0. The number of hydrogen-bond donors (Lipinski definition) is 0. The van der Waals surface area contributed by atoms with Crippen molar-refractivity contribution in [2.45, 2.75) is 0 Å². The summed E-state index contributed by atoms with van der Waals surface area (Å²) in [7, 11) is 0. The third kappa shape index (κ3) is 2.37. The Morgan fingerprint density at radius 1 is 1.11 bits per heavy atom. The van der Waals surface area contributed by atoms with Crippen LogP contribution in [-0.2, 0) is 17.1 Å². The monoisotopic (exact) mass is 164 g/mol. The average molecular weight is 165 g/mol. The maximum Gasteiger partial charge on any atom is 0.0255 e. The van der Waals surface area contributed by atoms with Crippen LogP contribution in [0, 0.1) is 12.3 Å². The van der Waals surface area contributed by atoms with Crippen LogP contribution >= 0.6 is 0 Å². The second-order valence-corrected chi connectivity index (χ2v) is 1.49. The molecule has 0 spiro atoms. The van der Waals surface area contributed by atoms with Gasteiger partial charge in [0.25, 0.3) is 0 Å². The molecule has 1 rings (SSSR count). The van der Waals surface area contributed by atoms with Gasteiger partial charge in [-0.2, -0.15) is 0 Å². The van der Waals surface area contributed by atoms with Crippen molar-refractivity contribution in [3.8, 4) is 5.92 Å². The van der Waals surface area contributed by atoms with Crippen LogP contribution < -0.4 is 0 Å². The Morgan fingerprint density at radius 2 is 1.67 bits per heavy atom. The van der Waals surface area contributed by atoms with E-state index in [1.807, 2.05) is 30.3 Å². The summed E-state index contributed by atoms with van der Waals surface area (Å²) in [5, 5.41) is 0. The van der Waals surface area contributed by atoms with Gasteiger partial charge in [0.1, 0.15) is 0 Å². The molecule has 9 heavy (non-hydrogen) atoms. The van der Waals surface area contributed by atoms with Crippen LogP contribution in [0.4, 0.5) is 0 Å². The van der Waals surface area contributed by atoms with E-state index >= 15 is 0 Å². The minimum atomic E-state index is 0. The molecule has 0 fully saturated rings. The van der Waals surface area contributed by atoms with Gasteiger partial charge in [0.2, 0.25) is 0 Å². The molecule has 0 atom stereocenters. The first-order valence-electron chi connectivity index (χ1n) is 2.41. The van der Waals surface area contributed by atoms with E-state index in [0.29, 0.717) is 0 Å². The maximum atomic E-state index is 6.69. The van der Waals surface area contributed by atoms with Crippen molar-refractivity contribution in [3.05, 3.63) is 42.3 Å². The average Bonchev–Trinajstić information content (AvgIpc) is 1.90. The van der Waals surface area contributed by atoms with Gasteiger partial charge in [0, 0.05) is 22.6 Å². The van der Waals surface area contributed by atoms with Crippen LogP contribution in [-0.4, -0.2) is 0 Å². The van der Waals surface area contributed by atoms with Gasteiger partial charge in [0.05, 0.1) is 0 Å². The van der Waals surface area contributed by atoms with Crippen LogP contribution in [0.5, 0.6) is 0 Å². The Hall–Kier alpha value is -0.701. The smallest absolute Gasteiger partial charge is 0.0255 e. The van der Waals surface area contributed by atoms with Crippen LogP contribution in [0.3, 0.4) is 0 Å². The van der Waals surface area contributed by atoms with Crippen molar-refractivity contribution in [1.82, 2.24) is 0 Å². The quantitative estimate of drug-likeness (QED) is 0.404. The molecule has 0 saturated heterocycles. The van der Waals surface area contributed by atoms with Gasteiger partial charge in [-0.05, 0) is 18.6 Å². The molecule has 0 nitrogen and oxygen atoms in total. The number of hydrogen-bond acceptors (Lipinski definition) is 0. The zero-order valence-electron chi connectivity index (χ0n) is 4.69. The maximum absolute atomic E-state index is 6.69. The van der Waals surface area contributed by atoms with Gasteiger partial charge in [-0.15, -0.1) is 0 Å². The summed E-state index contributed by atoms with van der Waals surface area (Å²) in [6.07, 6.45) is 6.69. The predicted molar refractivity (Wildman–Crippen MR) is 32.7 cm³/mol. The van der Waals surface area contributed by atoms with E-state index < -0.39 is 0 Å². The summed E-state index contributed by atoms with van der Waals surface area (Å²) in [6, 6.07) is 9.37. The first-order valence-corrected chi connectivity index (χ1v) is 2.41. The normalized spacial score (nSPS) is 7.00. The van der Waals surface area contributed by atoms with E-state index in [-0.39, 0.29) is 17.1 Å². The van der Waals surface area contributed by atoms with Gasteiger partial charge >= 0.3 is 0 Å². The van der Waals surface area contributed by atoms with Crippen molar-refractivity contribution in [2.24, 2.45) is 0 Å². The fourth-order valence-electron chi connectivity index (χ4n) is 0.521. The minimum absolute atomic E-state index is 0. The first-order chi connectivity index (χ1) is 3.93. The molecule has 0 aliphatic carbocycles. The van der Waals surface area contributed by atoms with E-state index in [0.717, 1.165) is 5.56 Å². The second-order valence-electron chi connectivity index (χ2n) is 1.49. The van der Waals surface area contributed by atoms with Crippen LogP contribution in [0.15, 0.2) is 30.3 Å². The SMILES string of the molecule is [C]#Cc1ccccc1.[Cu]. The summed E-state index contributed by atoms with van der Waals surface area (Å²) in [6.45, 7) is 0. The van der Waals surface area contributed by atoms with Crippen LogP contribution in [0.25, 0.3) is 0 Å². The molecule has 0 aliphatic heterocycles. The predicted octanol–water partition coefficient (Wildman–Crippen LogP) is 1.62. The Balaban J connectivity index is 0.000000640. The Kier molecular flexibility index (Phi) is 3.88. The molecule has 1 heteroatoms. The zero-order valence-corrected chi connectivity index (χ0v) is 5.63. The topological polar surface area (TPSA) is 0 Å². The van der Waals surface area contributed by atoms with E-state index in [1.54, 1.807) is 0 Å². The van der Waals surface area contributed by atoms with Crippen molar-refractivity contribution in [3.63, 3.8) is 0 Å². The summed E-state index contributed by atoms with van der Waals surface area (Å²) in [5.74, 6) is 2.28. The van der Waals surface area contributed by atoms with Crippen molar-refractivity contribution in [1.29, 1.82) is 0 Å². The molecule has 0 aromatic heterocycles. The van der Waals surface area contributed by atoms with Crippen molar-refractivity contribution >= 4 is 0 Å². The first kappa shape index (κ1) is 8.30. The van der Waals surface area contributed by atoms with Crippen LogP contribution in [0.1, 0.15) is 5.56 Å². The van der Waals surface area contributed by atoms with Crippen LogP contribution in [0.2, 0.25) is 0 Å². The minimum Gasteiger partial charge on any atom is -0.0622 e. The second kappa shape index (κ2) is 4.21. The molecule has 0 unspecified atom stereocenters. The third-order valence-corrected chi connectivity index (χ3v) is 0.918. The summed E-state index contributed by atoms with van der Waals surface area (Å²) in [5.41, 5.74) is 0.826. The fraction of sp³-hybridized carbons (Fsp3) is 0. The molecule has 0 N–H and O–H groups in total.